The minimum absolute atomic E-state index is 0.0785. The average Bonchev–Trinajstić information content (AvgIpc) is 2.55. The number of para-hydroxylation sites is 1. The molecule has 0 fully saturated rings. The first-order valence-corrected chi connectivity index (χ1v) is 7.24. The first-order valence-electron chi connectivity index (χ1n) is 6.86. The Bertz CT molecular complexity index is 750. The molecule has 0 bridgehead atoms. The highest BCUT2D eigenvalue weighted by atomic mass is 35.5. The van der Waals surface area contributed by atoms with Gasteiger partial charge in [0.05, 0.1) is 17.8 Å². The molecule has 0 aliphatic rings. The molecule has 2 rings (SSSR count). The maximum Gasteiger partial charge on any atom is 0.387 e. The lowest BCUT2D eigenvalue weighted by atomic mass is 10.2. The summed E-state index contributed by atoms with van der Waals surface area (Å²) < 4.78 is 33.9. The van der Waals surface area contributed by atoms with Crippen LogP contribution < -0.4 is 14.8 Å². The Hall–Kier alpha value is -2.60. The monoisotopic (exact) mass is 353 g/mol. The molecule has 7 heteroatoms. The van der Waals surface area contributed by atoms with Crippen LogP contribution in [0.15, 0.2) is 48.5 Å². The van der Waals surface area contributed by atoms with Crippen molar-refractivity contribution in [3.63, 3.8) is 0 Å². The van der Waals surface area contributed by atoms with Crippen molar-refractivity contribution in [2.45, 2.75) is 6.61 Å². The number of hydrogen-bond donors (Lipinski definition) is 1. The van der Waals surface area contributed by atoms with Crippen LogP contribution in [0.4, 0.5) is 14.5 Å². The quantitative estimate of drug-likeness (QED) is 0.772. The largest absolute Gasteiger partial charge is 0.493 e. The van der Waals surface area contributed by atoms with Gasteiger partial charge in [0.1, 0.15) is 0 Å². The molecule has 0 unspecified atom stereocenters. The van der Waals surface area contributed by atoms with Gasteiger partial charge in [-0.1, -0.05) is 29.8 Å². The van der Waals surface area contributed by atoms with Gasteiger partial charge in [0.25, 0.3) is 0 Å². The highest BCUT2D eigenvalue weighted by molar-refractivity contribution is 6.33. The second-order valence-corrected chi connectivity index (χ2v) is 5.00. The number of amides is 1. The van der Waals surface area contributed by atoms with Gasteiger partial charge >= 0.3 is 6.61 Å². The number of benzene rings is 2. The lowest BCUT2D eigenvalue weighted by molar-refractivity contribution is -0.111. The van der Waals surface area contributed by atoms with Gasteiger partial charge in [-0.2, -0.15) is 8.78 Å². The fourth-order valence-corrected chi connectivity index (χ4v) is 2.07. The van der Waals surface area contributed by atoms with Crippen LogP contribution in [0.25, 0.3) is 6.08 Å². The minimum atomic E-state index is -2.94. The molecule has 1 N–H and O–H groups in total. The molecule has 0 aliphatic carbocycles. The van der Waals surface area contributed by atoms with Crippen LogP contribution in [-0.4, -0.2) is 19.6 Å². The highest BCUT2D eigenvalue weighted by Crippen LogP contribution is 2.29. The predicted molar refractivity (Wildman–Crippen MR) is 88.7 cm³/mol. The first-order chi connectivity index (χ1) is 11.5. The van der Waals surface area contributed by atoms with Crippen molar-refractivity contribution < 1.29 is 23.0 Å². The van der Waals surface area contributed by atoms with Crippen LogP contribution in [-0.2, 0) is 4.79 Å². The summed E-state index contributed by atoms with van der Waals surface area (Å²) in [5.74, 6) is -0.316. The molecule has 4 nitrogen and oxygen atoms in total. The lowest BCUT2D eigenvalue weighted by Crippen LogP contribution is -2.08. The fourth-order valence-electron chi connectivity index (χ4n) is 1.89. The first kappa shape index (κ1) is 17.7. The van der Waals surface area contributed by atoms with Crippen molar-refractivity contribution in [2.75, 3.05) is 12.4 Å². The van der Waals surface area contributed by atoms with Crippen LogP contribution >= 0.6 is 11.6 Å². The fraction of sp³-hybridized carbons (Fsp3) is 0.118. The molecule has 0 radical (unpaired) electrons. The molecule has 0 heterocycles. The van der Waals surface area contributed by atoms with Crippen LogP contribution in [0.2, 0.25) is 5.02 Å². The topological polar surface area (TPSA) is 47.6 Å². The summed E-state index contributed by atoms with van der Waals surface area (Å²) >= 11 is 5.95. The highest BCUT2D eigenvalue weighted by Gasteiger charge is 2.10. The molecule has 0 saturated heterocycles. The van der Waals surface area contributed by atoms with Crippen LogP contribution in [0.3, 0.4) is 0 Å². The van der Waals surface area contributed by atoms with Crippen molar-refractivity contribution in [2.24, 2.45) is 0 Å². The summed E-state index contributed by atoms with van der Waals surface area (Å²) in [7, 11) is 1.34. The number of hydrogen-bond acceptors (Lipinski definition) is 3. The number of rotatable bonds is 6. The Morgan fingerprint density at radius 3 is 2.62 bits per heavy atom. The third-order valence-electron chi connectivity index (χ3n) is 2.96. The van der Waals surface area contributed by atoms with Gasteiger partial charge in [0, 0.05) is 6.08 Å². The van der Waals surface area contributed by atoms with E-state index in [2.05, 4.69) is 10.1 Å². The Kier molecular flexibility index (Phi) is 6.14. The van der Waals surface area contributed by atoms with Crippen LogP contribution in [0, 0.1) is 0 Å². The van der Waals surface area contributed by atoms with Crippen molar-refractivity contribution in [3.8, 4) is 11.5 Å². The van der Waals surface area contributed by atoms with Gasteiger partial charge in [-0.05, 0) is 35.9 Å². The minimum Gasteiger partial charge on any atom is -0.493 e. The summed E-state index contributed by atoms with van der Waals surface area (Å²) in [6, 6.07) is 11.2. The number of nitrogens with one attached hydrogen (secondary N) is 1. The maximum absolute atomic E-state index is 12.3. The van der Waals surface area contributed by atoms with E-state index in [1.165, 1.54) is 37.5 Å². The number of ether oxygens (including phenoxy) is 2. The number of alkyl halides is 2. The Morgan fingerprint density at radius 2 is 1.96 bits per heavy atom. The number of carbonyl (C=O) groups is 1. The number of carbonyl (C=O) groups excluding carboxylic acids is 1. The van der Waals surface area contributed by atoms with E-state index in [1.54, 1.807) is 24.3 Å². The van der Waals surface area contributed by atoms with E-state index in [0.717, 1.165) is 0 Å². The van der Waals surface area contributed by atoms with Gasteiger partial charge in [-0.15, -0.1) is 0 Å². The predicted octanol–water partition coefficient (Wildman–Crippen LogP) is 4.60. The number of halogens is 3. The van der Waals surface area contributed by atoms with Crippen LogP contribution in [0.5, 0.6) is 11.5 Å². The van der Waals surface area contributed by atoms with Gasteiger partial charge in [0.15, 0.2) is 11.5 Å². The molecule has 0 atom stereocenters. The van der Waals surface area contributed by atoms with E-state index in [4.69, 9.17) is 16.3 Å². The van der Waals surface area contributed by atoms with E-state index < -0.39 is 6.61 Å². The Morgan fingerprint density at radius 1 is 1.21 bits per heavy atom. The summed E-state index contributed by atoms with van der Waals surface area (Å²) in [6.07, 6.45) is 2.81. The van der Waals surface area contributed by atoms with E-state index in [9.17, 15) is 13.6 Å². The summed E-state index contributed by atoms with van der Waals surface area (Å²) in [5, 5.41) is 3.06. The molecule has 0 aromatic heterocycles. The Balaban J connectivity index is 2.08. The second kappa shape index (κ2) is 8.31. The molecule has 126 valence electrons. The number of anilines is 1. The van der Waals surface area contributed by atoms with E-state index in [0.29, 0.717) is 16.3 Å². The van der Waals surface area contributed by atoms with Crippen LogP contribution in [0.1, 0.15) is 5.56 Å². The smallest absolute Gasteiger partial charge is 0.387 e. The molecule has 0 aliphatic heterocycles. The molecule has 1 amide bonds. The Labute approximate surface area is 142 Å². The number of methoxy groups -OCH3 is 1. The van der Waals surface area contributed by atoms with Crippen molar-refractivity contribution in [1.82, 2.24) is 0 Å². The van der Waals surface area contributed by atoms with E-state index >= 15 is 0 Å². The summed E-state index contributed by atoms with van der Waals surface area (Å²) in [4.78, 5) is 11.9. The normalized spacial score (nSPS) is 10.9. The second-order valence-electron chi connectivity index (χ2n) is 4.59. The standard InChI is InChI=1S/C17H14ClF2NO3/c1-23-15-10-11(6-8-14(15)24-17(19)20)7-9-16(22)21-13-5-3-2-4-12(13)18/h2-10,17H,1H3,(H,21,22)/b9-7-. The molecule has 0 spiro atoms. The average molecular weight is 354 g/mol. The molecule has 24 heavy (non-hydrogen) atoms. The molecule has 2 aromatic rings. The molecule has 2 aromatic carbocycles. The zero-order chi connectivity index (χ0) is 17.5. The SMILES string of the molecule is COc1cc(/C=C\C(=O)Nc2ccccc2Cl)ccc1OC(F)F. The zero-order valence-electron chi connectivity index (χ0n) is 12.6. The summed E-state index contributed by atoms with van der Waals surface area (Å²) in [6.45, 7) is -2.94. The summed E-state index contributed by atoms with van der Waals surface area (Å²) in [5.41, 5.74) is 1.08. The van der Waals surface area contributed by atoms with Crippen molar-refractivity contribution >= 4 is 29.3 Å². The van der Waals surface area contributed by atoms with Crippen molar-refractivity contribution in [3.05, 3.63) is 59.1 Å². The third kappa shape index (κ3) is 4.96. The van der Waals surface area contributed by atoms with E-state index in [1.807, 2.05) is 0 Å². The molecular formula is C17H14ClF2NO3. The van der Waals surface area contributed by atoms with Gasteiger partial charge in [-0.25, -0.2) is 0 Å². The van der Waals surface area contributed by atoms with Gasteiger partial charge < -0.3 is 14.8 Å². The third-order valence-corrected chi connectivity index (χ3v) is 3.29. The van der Waals surface area contributed by atoms with Gasteiger partial charge in [-0.3, -0.25) is 4.79 Å². The van der Waals surface area contributed by atoms with E-state index in [-0.39, 0.29) is 17.4 Å². The molecule has 0 saturated carbocycles. The maximum atomic E-state index is 12.3. The lowest BCUT2D eigenvalue weighted by Gasteiger charge is -2.10. The zero-order valence-corrected chi connectivity index (χ0v) is 13.4. The molecular weight excluding hydrogens is 340 g/mol. The van der Waals surface area contributed by atoms with Crippen molar-refractivity contribution in [1.29, 1.82) is 0 Å². The van der Waals surface area contributed by atoms with Gasteiger partial charge in [0.2, 0.25) is 5.91 Å².